The molecule has 0 radical (unpaired) electrons. The maximum absolute atomic E-state index is 12.1. The first-order chi connectivity index (χ1) is 11.5. The minimum atomic E-state index is -1.02. The van der Waals surface area contributed by atoms with Gasteiger partial charge in [0.1, 0.15) is 5.01 Å². The zero-order chi connectivity index (χ0) is 17.5. The van der Waals surface area contributed by atoms with Gasteiger partial charge in [-0.25, -0.2) is 9.78 Å². The minimum absolute atomic E-state index is 0.330. The number of ketones is 1. The summed E-state index contributed by atoms with van der Waals surface area (Å²) >= 11 is 1.24. The van der Waals surface area contributed by atoms with Crippen molar-refractivity contribution in [3.63, 3.8) is 0 Å². The number of rotatable bonds is 7. The summed E-state index contributed by atoms with van der Waals surface area (Å²) in [7, 11) is 1.56. The van der Waals surface area contributed by atoms with Crippen LogP contribution in [0.1, 0.15) is 32.5 Å². The van der Waals surface area contributed by atoms with Crippen LogP contribution in [-0.4, -0.2) is 30.5 Å². The van der Waals surface area contributed by atoms with E-state index in [0.717, 1.165) is 11.3 Å². The van der Waals surface area contributed by atoms with Crippen LogP contribution in [-0.2, 0) is 20.9 Å². The monoisotopic (exact) mass is 344 g/mol. The molecule has 0 aliphatic carbocycles. The molecule has 0 N–H and O–H groups in total. The first-order valence-corrected chi connectivity index (χ1v) is 8.02. The molecule has 0 unspecified atom stereocenters. The van der Waals surface area contributed by atoms with E-state index >= 15 is 0 Å². The minimum Gasteiger partial charge on any atom is -0.454 e. The maximum Gasteiger partial charge on any atom is 0.338 e. The fourth-order valence-corrected chi connectivity index (χ4v) is 2.89. The second kappa shape index (κ2) is 8.34. The summed E-state index contributed by atoms with van der Waals surface area (Å²) in [5.41, 5.74) is 1.90. The van der Waals surface area contributed by atoms with Crippen LogP contribution < -0.4 is 0 Å². The molecule has 1 aromatic heterocycles. The molecule has 2 aromatic rings. The van der Waals surface area contributed by atoms with Gasteiger partial charge in [-0.05, 0) is 24.6 Å². The Hall–Kier alpha value is -2.56. The maximum atomic E-state index is 12.1. The molecule has 0 fully saturated rings. The summed E-state index contributed by atoms with van der Waals surface area (Å²) in [5, 5.41) is 11.4. The third-order valence-electron chi connectivity index (χ3n) is 3.15. The van der Waals surface area contributed by atoms with Crippen LogP contribution in [0.4, 0.5) is 0 Å². The molecular formula is C17H16N2O4S. The van der Waals surface area contributed by atoms with Gasteiger partial charge in [-0.2, -0.15) is 5.26 Å². The molecule has 0 amide bonds. The van der Waals surface area contributed by atoms with E-state index in [-0.39, 0.29) is 0 Å². The Kier molecular flexibility index (Phi) is 6.18. The Labute approximate surface area is 143 Å². The normalized spacial score (nSPS) is 11.5. The second-order valence-corrected chi connectivity index (χ2v) is 5.95. The highest BCUT2D eigenvalue weighted by molar-refractivity contribution is 7.09. The highest BCUT2D eigenvalue weighted by Crippen LogP contribution is 2.21. The van der Waals surface area contributed by atoms with Gasteiger partial charge in [0.05, 0.1) is 18.2 Å². The van der Waals surface area contributed by atoms with Crippen molar-refractivity contribution in [3.8, 4) is 6.07 Å². The van der Waals surface area contributed by atoms with Crippen molar-refractivity contribution in [2.75, 3.05) is 13.7 Å². The Morgan fingerprint density at radius 3 is 2.83 bits per heavy atom. The Bertz CT molecular complexity index is 779. The molecule has 1 aromatic carbocycles. The van der Waals surface area contributed by atoms with Crippen LogP contribution in [0.3, 0.4) is 0 Å². The van der Waals surface area contributed by atoms with Gasteiger partial charge in [-0.3, -0.25) is 4.79 Å². The lowest BCUT2D eigenvalue weighted by Gasteiger charge is -2.08. The van der Waals surface area contributed by atoms with Crippen LogP contribution in [0, 0.1) is 18.3 Å². The number of Topliss-reactive ketones (excluding diaryl/α,β-unsaturated/α-hetero) is 1. The third-order valence-corrected chi connectivity index (χ3v) is 4.18. The number of hydrogen-bond acceptors (Lipinski definition) is 7. The van der Waals surface area contributed by atoms with E-state index in [1.165, 1.54) is 11.3 Å². The number of aryl methyl sites for hydroxylation is 1. The van der Waals surface area contributed by atoms with E-state index < -0.39 is 24.3 Å². The first-order valence-electron chi connectivity index (χ1n) is 7.14. The quantitative estimate of drug-likeness (QED) is 0.717. The van der Waals surface area contributed by atoms with Crippen LogP contribution in [0.15, 0.2) is 29.6 Å². The van der Waals surface area contributed by atoms with Crippen LogP contribution in [0.2, 0.25) is 0 Å². The molecule has 7 heteroatoms. The van der Waals surface area contributed by atoms with Crippen molar-refractivity contribution in [2.24, 2.45) is 0 Å². The highest BCUT2D eigenvalue weighted by atomic mass is 32.1. The third kappa shape index (κ3) is 4.47. The zero-order valence-corrected chi connectivity index (χ0v) is 14.1. The molecule has 0 aliphatic rings. The summed E-state index contributed by atoms with van der Waals surface area (Å²) in [6.07, 6.45) is 0. The summed E-state index contributed by atoms with van der Waals surface area (Å²) in [6, 6.07) is 8.68. The number of hydrogen-bond donors (Lipinski definition) is 0. The fourth-order valence-electron chi connectivity index (χ4n) is 2.03. The van der Waals surface area contributed by atoms with Gasteiger partial charge in [0.15, 0.2) is 18.3 Å². The topological polar surface area (TPSA) is 89.3 Å². The number of carbonyl (C=O) groups excluding carboxylic acids is 2. The summed E-state index contributed by atoms with van der Waals surface area (Å²) in [6.45, 7) is 1.69. The standard InChI is InChI=1S/C17H16N2O4S/c1-11-10-24-16(19-11)14(7-18)15(20)9-23-17(21)13-5-3-4-12(6-13)8-22-2/h3-6,10,14H,8-9H2,1-2H3/t14-/m0/s1. The molecule has 1 heterocycles. The van der Waals surface area contributed by atoms with Gasteiger partial charge in [-0.15, -0.1) is 11.3 Å². The smallest absolute Gasteiger partial charge is 0.338 e. The van der Waals surface area contributed by atoms with Crippen LogP contribution in [0.25, 0.3) is 0 Å². The Balaban J connectivity index is 1.99. The molecule has 0 saturated carbocycles. The van der Waals surface area contributed by atoms with Crippen molar-refractivity contribution in [1.82, 2.24) is 4.98 Å². The average molecular weight is 344 g/mol. The number of aromatic nitrogens is 1. The molecular weight excluding hydrogens is 328 g/mol. The molecule has 0 spiro atoms. The number of nitriles is 1. The van der Waals surface area contributed by atoms with E-state index in [1.54, 1.807) is 37.6 Å². The van der Waals surface area contributed by atoms with Gasteiger partial charge in [0, 0.05) is 18.2 Å². The van der Waals surface area contributed by atoms with Gasteiger partial charge >= 0.3 is 5.97 Å². The summed E-state index contributed by atoms with van der Waals surface area (Å²) in [4.78, 5) is 28.3. The van der Waals surface area contributed by atoms with Gasteiger partial charge in [0.2, 0.25) is 0 Å². The van der Waals surface area contributed by atoms with E-state index in [2.05, 4.69) is 4.98 Å². The number of methoxy groups -OCH3 is 1. The van der Waals surface area contributed by atoms with Crippen molar-refractivity contribution >= 4 is 23.1 Å². The molecule has 2 rings (SSSR count). The van der Waals surface area contributed by atoms with Crippen LogP contribution in [0.5, 0.6) is 0 Å². The molecule has 1 atom stereocenters. The van der Waals surface area contributed by atoms with E-state index in [1.807, 2.05) is 12.1 Å². The summed E-state index contributed by atoms with van der Waals surface area (Å²) in [5.74, 6) is -2.13. The van der Waals surface area contributed by atoms with Gasteiger partial charge in [-0.1, -0.05) is 12.1 Å². The highest BCUT2D eigenvalue weighted by Gasteiger charge is 2.24. The first kappa shape index (κ1) is 17.8. The second-order valence-electron chi connectivity index (χ2n) is 5.07. The zero-order valence-electron chi connectivity index (χ0n) is 13.3. The van der Waals surface area contributed by atoms with Crippen molar-refractivity contribution in [1.29, 1.82) is 5.26 Å². The average Bonchev–Trinajstić information content (AvgIpc) is 3.00. The van der Waals surface area contributed by atoms with Crippen molar-refractivity contribution in [3.05, 3.63) is 51.5 Å². The largest absolute Gasteiger partial charge is 0.454 e. The lowest BCUT2D eigenvalue weighted by atomic mass is 10.1. The van der Waals surface area contributed by atoms with E-state index in [0.29, 0.717) is 17.2 Å². The predicted molar refractivity (Wildman–Crippen MR) is 87.6 cm³/mol. The molecule has 0 saturated heterocycles. The van der Waals surface area contributed by atoms with E-state index in [4.69, 9.17) is 9.47 Å². The van der Waals surface area contributed by atoms with Crippen LogP contribution >= 0.6 is 11.3 Å². The van der Waals surface area contributed by atoms with Gasteiger partial charge < -0.3 is 9.47 Å². The number of ether oxygens (including phenoxy) is 2. The number of benzene rings is 1. The predicted octanol–water partition coefficient (Wildman–Crippen LogP) is 2.63. The SMILES string of the molecule is COCc1cccc(C(=O)OCC(=O)[C@H](C#N)c2nc(C)cs2)c1. The van der Waals surface area contributed by atoms with Crippen molar-refractivity contribution in [2.45, 2.75) is 19.4 Å². The lowest BCUT2D eigenvalue weighted by Crippen LogP contribution is -2.20. The number of carbonyl (C=O) groups is 2. The van der Waals surface area contributed by atoms with E-state index in [9.17, 15) is 14.9 Å². The number of nitrogens with zero attached hydrogens (tertiary/aromatic N) is 2. The number of thiazole rings is 1. The Morgan fingerprint density at radius 1 is 1.42 bits per heavy atom. The summed E-state index contributed by atoms with van der Waals surface area (Å²) < 4.78 is 10.0. The molecule has 0 bridgehead atoms. The number of esters is 1. The molecule has 24 heavy (non-hydrogen) atoms. The van der Waals surface area contributed by atoms with Gasteiger partial charge in [0.25, 0.3) is 0 Å². The Morgan fingerprint density at radius 2 is 2.21 bits per heavy atom. The molecule has 6 nitrogen and oxygen atoms in total. The molecule has 124 valence electrons. The molecule has 0 aliphatic heterocycles. The lowest BCUT2D eigenvalue weighted by molar-refractivity contribution is -0.122. The van der Waals surface area contributed by atoms with Crippen molar-refractivity contribution < 1.29 is 19.1 Å². The fraction of sp³-hybridized carbons (Fsp3) is 0.294.